The van der Waals surface area contributed by atoms with Crippen molar-refractivity contribution in [1.29, 1.82) is 0 Å². The quantitative estimate of drug-likeness (QED) is 0.654. The predicted molar refractivity (Wildman–Crippen MR) is 74.5 cm³/mol. The van der Waals surface area contributed by atoms with Gasteiger partial charge in [-0.3, -0.25) is 9.69 Å². The molecule has 0 heterocycles. The molecule has 0 N–H and O–H groups in total. The summed E-state index contributed by atoms with van der Waals surface area (Å²) in [6.45, 7) is 8.31. The van der Waals surface area contributed by atoms with Crippen LogP contribution in [0.1, 0.15) is 59.3 Å². The molecule has 3 nitrogen and oxygen atoms in total. The van der Waals surface area contributed by atoms with E-state index in [0.717, 1.165) is 18.9 Å². The summed E-state index contributed by atoms with van der Waals surface area (Å²) < 4.78 is 5.07. The van der Waals surface area contributed by atoms with Crippen molar-refractivity contribution in [3.05, 3.63) is 0 Å². The first-order valence-electron chi connectivity index (χ1n) is 7.60. The van der Waals surface area contributed by atoms with Crippen molar-refractivity contribution in [1.82, 2.24) is 4.90 Å². The van der Waals surface area contributed by atoms with Crippen LogP contribution in [-0.2, 0) is 9.53 Å². The molecule has 0 atom stereocenters. The van der Waals surface area contributed by atoms with Gasteiger partial charge in [0.25, 0.3) is 0 Å². The van der Waals surface area contributed by atoms with Crippen LogP contribution in [0.15, 0.2) is 0 Å². The summed E-state index contributed by atoms with van der Waals surface area (Å²) in [6, 6.07) is 0.595. The van der Waals surface area contributed by atoms with Crippen LogP contribution in [0.25, 0.3) is 0 Å². The van der Waals surface area contributed by atoms with E-state index in [9.17, 15) is 4.79 Å². The Hall–Kier alpha value is -0.570. The summed E-state index contributed by atoms with van der Waals surface area (Å²) in [5.41, 5.74) is 0. The fourth-order valence-corrected chi connectivity index (χ4v) is 2.97. The van der Waals surface area contributed by atoms with Crippen LogP contribution < -0.4 is 0 Å². The topological polar surface area (TPSA) is 29.5 Å². The predicted octanol–water partition coefficient (Wildman–Crippen LogP) is 3.23. The molecule has 1 saturated carbocycles. The molecule has 106 valence electrons. The van der Waals surface area contributed by atoms with Crippen molar-refractivity contribution in [3.63, 3.8) is 0 Å². The van der Waals surface area contributed by atoms with E-state index in [0.29, 0.717) is 19.2 Å². The van der Waals surface area contributed by atoms with Gasteiger partial charge in [-0.05, 0) is 51.5 Å². The molecule has 1 aliphatic rings. The van der Waals surface area contributed by atoms with Crippen molar-refractivity contribution in [2.45, 2.75) is 65.3 Å². The van der Waals surface area contributed by atoms with Gasteiger partial charge in [-0.15, -0.1) is 0 Å². The molecule has 0 radical (unpaired) electrons. The molecule has 0 aliphatic heterocycles. The summed E-state index contributed by atoms with van der Waals surface area (Å²) in [7, 11) is 0. The number of carbonyl (C=O) groups is 1. The lowest BCUT2D eigenvalue weighted by Crippen LogP contribution is -2.42. The van der Waals surface area contributed by atoms with Crippen molar-refractivity contribution < 1.29 is 9.53 Å². The average Bonchev–Trinajstić information content (AvgIpc) is 2.39. The van der Waals surface area contributed by atoms with Gasteiger partial charge >= 0.3 is 5.97 Å². The van der Waals surface area contributed by atoms with Gasteiger partial charge in [0.05, 0.1) is 13.2 Å². The molecule has 0 saturated heterocycles. The zero-order valence-electron chi connectivity index (χ0n) is 12.3. The highest BCUT2D eigenvalue weighted by Crippen LogP contribution is 2.29. The molecule has 0 bridgehead atoms. The number of nitrogens with zero attached hydrogens (tertiary/aromatic N) is 1. The maximum absolute atomic E-state index is 11.6. The van der Waals surface area contributed by atoms with E-state index in [2.05, 4.69) is 18.7 Å². The SMILES string of the molecule is CCCN(CC(=O)OCC)C1CCC(CC)CC1. The summed E-state index contributed by atoms with van der Waals surface area (Å²) in [5, 5.41) is 0. The Morgan fingerprint density at radius 1 is 1.17 bits per heavy atom. The summed E-state index contributed by atoms with van der Waals surface area (Å²) in [6.07, 6.45) is 7.55. The molecule has 1 fully saturated rings. The van der Waals surface area contributed by atoms with Crippen LogP contribution in [0.4, 0.5) is 0 Å². The van der Waals surface area contributed by atoms with Crippen LogP contribution in [0.2, 0.25) is 0 Å². The first kappa shape index (κ1) is 15.5. The smallest absolute Gasteiger partial charge is 0.320 e. The zero-order chi connectivity index (χ0) is 13.4. The van der Waals surface area contributed by atoms with Crippen LogP contribution in [0, 0.1) is 5.92 Å². The minimum atomic E-state index is -0.0661. The second-order valence-electron chi connectivity index (χ2n) is 5.36. The van der Waals surface area contributed by atoms with Gasteiger partial charge in [-0.25, -0.2) is 0 Å². The third-order valence-corrected chi connectivity index (χ3v) is 4.06. The first-order valence-corrected chi connectivity index (χ1v) is 7.60. The molecule has 0 aromatic carbocycles. The fourth-order valence-electron chi connectivity index (χ4n) is 2.97. The second-order valence-corrected chi connectivity index (χ2v) is 5.36. The number of esters is 1. The molecule has 1 rings (SSSR count). The molecular weight excluding hydrogens is 226 g/mol. The van der Waals surface area contributed by atoms with E-state index in [1.165, 1.54) is 32.1 Å². The van der Waals surface area contributed by atoms with Gasteiger partial charge in [0, 0.05) is 6.04 Å². The summed E-state index contributed by atoms with van der Waals surface area (Å²) in [5.74, 6) is 0.843. The highest BCUT2D eigenvalue weighted by molar-refractivity contribution is 5.71. The zero-order valence-corrected chi connectivity index (χ0v) is 12.3. The van der Waals surface area contributed by atoms with E-state index in [1.807, 2.05) is 6.92 Å². The normalized spacial score (nSPS) is 24.2. The van der Waals surface area contributed by atoms with Gasteiger partial charge in [0.1, 0.15) is 0 Å². The Morgan fingerprint density at radius 2 is 1.83 bits per heavy atom. The average molecular weight is 255 g/mol. The van der Waals surface area contributed by atoms with E-state index in [1.54, 1.807) is 0 Å². The van der Waals surface area contributed by atoms with E-state index in [4.69, 9.17) is 4.74 Å². The van der Waals surface area contributed by atoms with E-state index >= 15 is 0 Å². The lowest BCUT2D eigenvalue weighted by molar-refractivity contribution is -0.145. The second kappa shape index (κ2) is 8.52. The van der Waals surface area contributed by atoms with Gasteiger partial charge in [0.15, 0.2) is 0 Å². The monoisotopic (exact) mass is 255 g/mol. The lowest BCUT2D eigenvalue weighted by Gasteiger charge is -2.36. The molecule has 1 aliphatic carbocycles. The summed E-state index contributed by atoms with van der Waals surface area (Å²) in [4.78, 5) is 14.0. The van der Waals surface area contributed by atoms with E-state index < -0.39 is 0 Å². The maximum atomic E-state index is 11.6. The minimum Gasteiger partial charge on any atom is -0.465 e. The van der Waals surface area contributed by atoms with Crippen LogP contribution in [-0.4, -0.2) is 36.6 Å². The third kappa shape index (κ3) is 4.97. The molecular formula is C15H29NO2. The highest BCUT2D eigenvalue weighted by atomic mass is 16.5. The summed E-state index contributed by atoms with van der Waals surface area (Å²) >= 11 is 0. The van der Waals surface area contributed by atoms with Gasteiger partial charge < -0.3 is 4.74 Å². The molecule has 0 amide bonds. The maximum Gasteiger partial charge on any atom is 0.320 e. The number of hydrogen-bond acceptors (Lipinski definition) is 3. The Bertz CT molecular complexity index is 235. The molecule has 0 aromatic heterocycles. The number of hydrogen-bond donors (Lipinski definition) is 0. The molecule has 0 aromatic rings. The number of carbonyl (C=O) groups excluding carboxylic acids is 1. The van der Waals surface area contributed by atoms with Crippen molar-refractivity contribution >= 4 is 5.97 Å². The van der Waals surface area contributed by atoms with Crippen molar-refractivity contribution in [3.8, 4) is 0 Å². The number of ether oxygens (including phenoxy) is 1. The Kier molecular flexibility index (Phi) is 7.33. The fraction of sp³-hybridized carbons (Fsp3) is 0.933. The van der Waals surface area contributed by atoms with Crippen molar-refractivity contribution in [2.24, 2.45) is 5.92 Å². The van der Waals surface area contributed by atoms with Gasteiger partial charge in [0.2, 0.25) is 0 Å². The minimum absolute atomic E-state index is 0.0661. The number of rotatable bonds is 7. The van der Waals surface area contributed by atoms with Crippen LogP contribution in [0.3, 0.4) is 0 Å². The van der Waals surface area contributed by atoms with Crippen LogP contribution in [0.5, 0.6) is 0 Å². The van der Waals surface area contributed by atoms with Gasteiger partial charge in [-0.1, -0.05) is 20.3 Å². The Morgan fingerprint density at radius 3 is 2.33 bits per heavy atom. The van der Waals surface area contributed by atoms with E-state index in [-0.39, 0.29) is 5.97 Å². The first-order chi connectivity index (χ1) is 8.71. The lowest BCUT2D eigenvalue weighted by atomic mass is 9.84. The standard InChI is InChI=1S/C15H29NO2/c1-4-11-16(12-15(17)18-6-3)14-9-7-13(5-2)8-10-14/h13-14H,4-12H2,1-3H3. The van der Waals surface area contributed by atoms with Crippen molar-refractivity contribution in [2.75, 3.05) is 19.7 Å². The molecule has 18 heavy (non-hydrogen) atoms. The highest BCUT2D eigenvalue weighted by Gasteiger charge is 2.26. The molecule has 0 unspecified atom stereocenters. The largest absolute Gasteiger partial charge is 0.465 e. The molecule has 3 heteroatoms. The Balaban J connectivity index is 2.43. The molecule has 0 spiro atoms. The van der Waals surface area contributed by atoms with Gasteiger partial charge in [-0.2, -0.15) is 0 Å². The Labute approximate surface area is 112 Å². The van der Waals surface area contributed by atoms with Crippen LogP contribution >= 0.6 is 0 Å². The third-order valence-electron chi connectivity index (χ3n) is 4.06.